The van der Waals surface area contributed by atoms with Gasteiger partial charge in [0.05, 0.1) is 4.90 Å². The molecule has 0 aromatic heterocycles. The first-order valence-electron chi connectivity index (χ1n) is 8.64. The number of rotatable bonds is 7. The Kier molecular flexibility index (Phi) is 6.56. The van der Waals surface area contributed by atoms with Gasteiger partial charge in [-0.3, -0.25) is 4.79 Å². The van der Waals surface area contributed by atoms with Crippen LogP contribution >= 0.6 is 0 Å². The van der Waals surface area contributed by atoms with Crippen molar-refractivity contribution < 1.29 is 13.2 Å². The molecule has 0 saturated carbocycles. The van der Waals surface area contributed by atoms with Gasteiger partial charge in [-0.1, -0.05) is 30.3 Å². The Hall–Kier alpha value is -2.18. The van der Waals surface area contributed by atoms with E-state index in [9.17, 15) is 13.2 Å². The van der Waals surface area contributed by atoms with Crippen molar-refractivity contribution in [1.82, 2.24) is 10.0 Å². The highest BCUT2D eigenvalue weighted by atomic mass is 32.2. The molecule has 140 valence electrons. The van der Waals surface area contributed by atoms with Crippen LogP contribution in [0.3, 0.4) is 0 Å². The van der Waals surface area contributed by atoms with E-state index in [4.69, 9.17) is 0 Å². The second kappa shape index (κ2) is 8.47. The highest BCUT2D eigenvalue weighted by Crippen LogP contribution is 2.21. The molecule has 0 unspecified atom stereocenters. The van der Waals surface area contributed by atoms with Crippen LogP contribution in [0.25, 0.3) is 0 Å². The molecule has 1 atom stereocenters. The number of aryl methyl sites for hydroxylation is 2. The lowest BCUT2D eigenvalue weighted by molar-refractivity contribution is 0.0938. The Morgan fingerprint density at radius 2 is 1.77 bits per heavy atom. The molecule has 0 saturated heterocycles. The van der Waals surface area contributed by atoms with E-state index in [-0.39, 0.29) is 16.8 Å². The number of amides is 1. The number of carbonyl (C=O) groups is 1. The number of hydrogen-bond acceptors (Lipinski definition) is 3. The maximum atomic E-state index is 12.6. The Morgan fingerprint density at radius 1 is 1.12 bits per heavy atom. The van der Waals surface area contributed by atoms with Crippen LogP contribution in [-0.2, 0) is 16.4 Å². The molecule has 26 heavy (non-hydrogen) atoms. The molecule has 0 aliphatic rings. The molecule has 0 spiro atoms. The third kappa shape index (κ3) is 4.93. The third-order valence-electron chi connectivity index (χ3n) is 4.53. The van der Waals surface area contributed by atoms with Crippen molar-refractivity contribution in [2.24, 2.45) is 0 Å². The van der Waals surface area contributed by atoms with Gasteiger partial charge in [0.15, 0.2) is 0 Å². The number of sulfonamides is 1. The quantitative estimate of drug-likeness (QED) is 0.782. The first kappa shape index (κ1) is 20.1. The fourth-order valence-corrected chi connectivity index (χ4v) is 3.82. The van der Waals surface area contributed by atoms with Crippen molar-refractivity contribution in [3.8, 4) is 0 Å². The van der Waals surface area contributed by atoms with E-state index in [1.165, 1.54) is 18.7 Å². The van der Waals surface area contributed by atoms with Gasteiger partial charge in [-0.15, -0.1) is 0 Å². The van der Waals surface area contributed by atoms with E-state index >= 15 is 0 Å². The van der Waals surface area contributed by atoms with Crippen molar-refractivity contribution in [3.05, 3.63) is 64.7 Å². The minimum atomic E-state index is -3.61. The lowest BCUT2D eigenvalue weighted by atomic mass is 10.0. The summed E-state index contributed by atoms with van der Waals surface area (Å²) in [7, 11) is -2.25. The standard InChI is InChI=1S/C20H26N2O3S/c1-14-12-18(13-19(16(14)3)26(24,25)21-4)20(23)22-15(2)10-11-17-8-6-5-7-9-17/h5-9,12-13,15,21H,10-11H2,1-4H3,(H,22,23)/t15-/m1/s1. The summed E-state index contributed by atoms with van der Waals surface area (Å²) in [4.78, 5) is 12.7. The molecule has 1 amide bonds. The second-order valence-corrected chi connectivity index (χ2v) is 8.38. The van der Waals surface area contributed by atoms with Crippen molar-refractivity contribution >= 4 is 15.9 Å². The van der Waals surface area contributed by atoms with Crippen LogP contribution in [0.2, 0.25) is 0 Å². The molecule has 5 nitrogen and oxygen atoms in total. The van der Waals surface area contributed by atoms with Crippen LogP contribution in [-0.4, -0.2) is 27.4 Å². The van der Waals surface area contributed by atoms with Gasteiger partial charge in [0.2, 0.25) is 10.0 Å². The van der Waals surface area contributed by atoms with E-state index in [2.05, 4.69) is 22.2 Å². The SMILES string of the molecule is CNS(=O)(=O)c1cc(C(=O)N[C@H](C)CCc2ccccc2)cc(C)c1C. The summed E-state index contributed by atoms with van der Waals surface area (Å²) >= 11 is 0. The van der Waals surface area contributed by atoms with Gasteiger partial charge >= 0.3 is 0 Å². The molecule has 2 N–H and O–H groups in total. The highest BCUT2D eigenvalue weighted by molar-refractivity contribution is 7.89. The van der Waals surface area contributed by atoms with Crippen molar-refractivity contribution in [1.29, 1.82) is 0 Å². The average Bonchev–Trinajstić information content (AvgIpc) is 2.62. The molecular weight excluding hydrogens is 348 g/mol. The summed E-state index contributed by atoms with van der Waals surface area (Å²) in [6, 6.07) is 13.2. The zero-order valence-electron chi connectivity index (χ0n) is 15.7. The zero-order chi connectivity index (χ0) is 19.3. The summed E-state index contributed by atoms with van der Waals surface area (Å²) in [6.45, 7) is 5.50. The topological polar surface area (TPSA) is 75.3 Å². The summed E-state index contributed by atoms with van der Waals surface area (Å²) < 4.78 is 26.7. The van der Waals surface area contributed by atoms with Crippen LogP contribution < -0.4 is 10.0 Å². The van der Waals surface area contributed by atoms with Gasteiger partial charge in [0.25, 0.3) is 5.91 Å². The maximum Gasteiger partial charge on any atom is 0.251 e. The number of carbonyl (C=O) groups excluding carboxylic acids is 1. The molecule has 2 aromatic rings. The molecule has 0 aliphatic carbocycles. The fraction of sp³-hybridized carbons (Fsp3) is 0.350. The van der Waals surface area contributed by atoms with E-state index in [1.807, 2.05) is 25.1 Å². The summed E-state index contributed by atoms with van der Waals surface area (Å²) in [5.41, 5.74) is 2.99. The first-order chi connectivity index (χ1) is 12.2. The minimum Gasteiger partial charge on any atom is -0.350 e. The molecule has 2 rings (SSSR count). The second-order valence-electron chi connectivity index (χ2n) is 6.52. The highest BCUT2D eigenvalue weighted by Gasteiger charge is 2.20. The van der Waals surface area contributed by atoms with Gasteiger partial charge in [-0.05, 0) is 69.5 Å². The lowest BCUT2D eigenvalue weighted by Crippen LogP contribution is -2.33. The predicted octanol–water partition coefficient (Wildman–Crippen LogP) is 2.96. The van der Waals surface area contributed by atoms with Crippen LogP contribution in [0, 0.1) is 13.8 Å². The van der Waals surface area contributed by atoms with Crippen molar-refractivity contribution in [2.45, 2.75) is 44.6 Å². The van der Waals surface area contributed by atoms with Gasteiger partial charge in [0.1, 0.15) is 0 Å². The van der Waals surface area contributed by atoms with E-state index < -0.39 is 10.0 Å². The molecule has 0 bridgehead atoms. The van der Waals surface area contributed by atoms with E-state index in [0.717, 1.165) is 18.4 Å². The Balaban J connectivity index is 2.11. The Labute approximate surface area is 155 Å². The van der Waals surface area contributed by atoms with Gasteiger partial charge in [-0.25, -0.2) is 13.1 Å². The van der Waals surface area contributed by atoms with E-state index in [1.54, 1.807) is 19.9 Å². The van der Waals surface area contributed by atoms with Gasteiger partial charge in [0, 0.05) is 11.6 Å². The fourth-order valence-electron chi connectivity index (χ4n) is 2.75. The third-order valence-corrected chi connectivity index (χ3v) is 6.07. The summed E-state index contributed by atoms with van der Waals surface area (Å²) in [5, 5.41) is 2.96. The van der Waals surface area contributed by atoms with Crippen LogP contribution in [0.1, 0.15) is 40.4 Å². The smallest absolute Gasteiger partial charge is 0.251 e. The lowest BCUT2D eigenvalue weighted by Gasteiger charge is -2.16. The Bertz CT molecular complexity index is 877. The van der Waals surface area contributed by atoms with Crippen LogP contribution in [0.5, 0.6) is 0 Å². The average molecular weight is 375 g/mol. The summed E-state index contributed by atoms with van der Waals surface area (Å²) in [6.07, 6.45) is 1.68. The zero-order valence-corrected chi connectivity index (χ0v) is 16.5. The molecule has 0 radical (unpaired) electrons. The van der Waals surface area contributed by atoms with Crippen LogP contribution in [0.15, 0.2) is 47.4 Å². The molecule has 0 heterocycles. The molecule has 0 fully saturated rings. The number of hydrogen-bond donors (Lipinski definition) is 2. The minimum absolute atomic E-state index is 0.0197. The monoisotopic (exact) mass is 374 g/mol. The van der Waals surface area contributed by atoms with Gasteiger partial charge in [-0.2, -0.15) is 0 Å². The summed E-state index contributed by atoms with van der Waals surface area (Å²) in [5.74, 6) is -0.263. The normalized spacial score (nSPS) is 12.6. The molecule has 0 aliphatic heterocycles. The Morgan fingerprint density at radius 3 is 2.38 bits per heavy atom. The predicted molar refractivity (Wildman–Crippen MR) is 104 cm³/mol. The van der Waals surface area contributed by atoms with Gasteiger partial charge < -0.3 is 5.32 Å². The van der Waals surface area contributed by atoms with Crippen molar-refractivity contribution in [2.75, 3.05) is 7.05 Å². The number of nitrogens with one attached hydrogen (secondary N) is 2. The van der Waals surface area contributed by atoms with E-state index in [0.29, 0.717) is 11.1 Å². The number of benzene rings is 2. The molecule has 6 heteroatoms. The largest absolute Gasteiger partial charge is 0.350 e. The maximum absolute atomic E-state index is 12.6. The van der Waals surface area contributed by atoms with Crippen LogP contribution in [0.4, 0.5) is 0 Å². The first-order valence-corrected chi connectivity index (χ1v) is 10.1. The molecule has 2 aromatic carbocycles. The van der Waals surface area contributed by atoms with Crippen molar-refractivity contribution in [3.63, 3.8) is 0 Å². The molecular formula is C20H26N2O3S.